The van der Waals surface area contributed by atoms with E-state index in [9.17, 15) is 10.1 Å². The molecule has 0 amide bonds. The van der Waals surface area contributed by atoms with Crippen molar-refractivity contribution in [3.05, 3.63) is 106 Å². The highest BCUT2D eigenvalue weighted by Gasteiger charge is 2.09. The summed E-state index contributed by atoms with van der Waals surface area (Å²) in [5.74, 6) is 0.838. The third kappa shape index (κ3) is 6.10. The maximum absolute atomic E-state index is 10.9. The first-order chi connectivity index (χ1) is 16.6. The minimum absolute atomic E-state index is 0.000637. The third-order valence-corrected chi connectivity index (χ3v) is 4.82. The van der Waals surface area contributed by atoms with E-state index in [0.717, 1.165) is 16.7 Å². The molecule has 0 bridgehead atoms. The second-order valence-electron chi connectivity index (χ2n) is 7.30. The molecule has 1 aromatic heterocycles. The van der Waals surface area contributed by atoms with Gasteiger partial charge in [-0.1, -0.05) is 54.6 Å². The van der Waals surface area contributed by atoms with Gasteiger partial charge in [0.1, 0.15) is 0 Å². The number of aryl methyl sites for hydroxylation is 1. The smallest absolute Gasteiger partial charge is 0.269 e. The topological polar surface area (TPSA) is 130 Å². The van der Waals surface area contributed by atoms with Crippen molar-refractivity contribution in [1.29, 1.82) is 0 Å². The van der Waals surface area contributed by atoms with Crippen molar-refractivity contribution in [2.45, 2.75) is 13.5 Å². The van der Waals surface area contributed by atoms with E-state index in [-0.39, 0.29) is 17.6 Å². The molecule has 0 aliphatic heterocycles. The first-order valence-electron chi connectivity index (χ1n) is 10.5. The van der Waals surface area contributed by atoms with Crippen LogP contribution < -0.4 is 16.1 Å². The van der Waals surface area contributed by atoms with E-state index in [1.807, 2.05) is 61.5 Å². The standard InChI is InChI=1S/C24H22N8O2/c1-17-7-5-6-10-19(17)16-26-31-24-29-22(25-15-18-8-3-2-4-9-18)28-23(30-24)27-20-11-13-21(14-12-20)32(33)34/h2-14,16H,15H2,1H3,(H3,25,27,28,29,30,31)/b26-16-. The fraction of sp³-hybridized carbons (Fsp3) is 0.0833. The number of benzene rings is 3. The van der Waals surface area contributed by atoms with Crippen LogP contribution in [0.1, 0.15) is 16.7 Å². The highest BCUT2D eigenvalue weighted by atomic mass is 16.6. The minimum atomic E-state index is -0.452. The average Bonchev–Trinajstić information content (AvgIpc) is 2.85. The summed E-state index contributed by atoms with van der Waals surface area (Å²) in [6.07, 6.45) is 1.69. The lowest BCUT2D eigenvalue weighted by atomic mass is 10.1. The Kier molecular flexibility index (Phi) is 6.99. The Morgan fingerprint density at radius 2 is 1.56 bits per heavy atom. The van der Waals surface area contributed by atoms with Crippen LogP contribution in [-0.4, -0.2) is 26.1 Å². The van der Waals surface area contributed by atoms with Crippen molar-refractivity contribution >= 4 is 35.4 Å². The molecule has 0 unspecified atom stereocenters. The maximum atomic E-state index is 10.9. The van der Waals surface area contributed by atoms with E-state index in [1.165, 1.54) is 12.1 Å². The van der Waals surface area contributed by atoms with Crippen LogP contribution in [0.2, 0.25) is 0 Å². The van der Waals surface area contributed by atoms with Crippen molar-refractivity contribution in [2.24, 2.45) is 5.10 Å². The zero-order chi connectivity index (χ0) is 23.8. The molecule has 170 valence electrons. The van der Waals surface area contributed by atoms with Crippen molar-refractivity contribution in [2.75, 3.05) is 16.1 Å². The largest absolute Gasteiger partial charge is 0.350 e. The van der Waals surface area contributed by atoms with Crippen LogP contribution >= 0.6 is 0 Å². The second kappa shape index (κ2) is 10.6. The molecular weight excluding hydrogens is 432 g/mol. The lowest BCUT2D eigenvalue weighted by molar-refractivity contribution is -0.384. The fourth-order valence-corrected chi connectivity index (χ4v) is 3.02. The van der Waals surface area contributed by atoms with E-state index in [1.54, 1.807) is 18.3 Å². The molecule has 3 N–H and O–H groups in total. The van der Waals surface area contributed by atoms with Crippen LogP contribution in [0.3, 0.4) is 0 Å². The van der Waals surface area contributed by atoms with Gasteiger partial charge in [-0.2, -0.15) is 20.1 Å². The van der Waals surface area contributed by atoms with Crippen molar-refractivity contribution in [1.82, 2.24) is 15.0 Å². The zero-order valence-corrected chi connectivity index (χ0v) is 18.3. The van der Waals surface area contributed by atoms with Crippen LogP contribution in [0, 0.1) is 17.0 Å². The monoisotopic (exact) mass is 454 g/mol. The molecule has 1 heterocycles. The molecule has 3 aromatic carbocycles. The number of anilines is 4. The summed E-state index contributed by atoms with van der Waals surface area (Å²) in [4.78, 5) is 23.6. The van der Waals surface area contributed by atoms with Gasteiger partial charge in [-0.25, -0.2) is 5.43 Å². The van der Waals surface area contributed by atoms with Gasteiger partial charge < -0.3 is 10.6 Å². The molecule has 0 radical (unpaired) electrons. The molecule has 4 aromatic rings. The van der Waals surface area contributed by atoms with Gasteiger partial charge in [-0.15, -0.1) is 0 Å². The van der Waals surface area contributed by atoms with Gasteiger partial charge in [0.25, 0.3) is 5.69 Å². The number of rotatable bonds is 9. The molecular formula is C24H22N8O2. The van der Waals surface area contributed by atoms with E-state index in [4.69, 9.17) is 0 Å². The van der Waals surface area contributed by atoms with Crippen LogP contribution in [-0.2, 0) is 6.54 Å². The number of aromatic nitrogens is 3. The summed E-state index contributed by atoms with van der Waals surface area (Å²) < 4.78 is 0. The van der Waals surface area contributed by atoms with Crippen LogP contribution in [0.4, 0.5) is 29.2 Å². The number of nitro groups is 1. The van der Waals surface area contributed by atoms with Gasteiger partial charge in [0, 0.05) is 24.4 Å². The Bertz CT molecular complexity index is 1290. The number of nitrogens with zero attached hydrogens (tertiary/aromatic N) is 5. The van der Waals surface area contributed by atoms with E-state index in [2.05, 4.69) is 36.1 Å². The predicted molar refractivity (Wildman–Crippen MR) is 132 cm³/mol. The highest BCUT2D eigenvalue weighted by Crippen LogP contribution is 2.19. The Balaban J connectivity index is 1.54. The molecule has 0 spiro atoms. The van der Waals surface area contributed by atoms with E-state index < -0.39 is 4.92 Å². The quantitative estimate of drug-likeness (QED) is 0.185. The summed E-state index contributed by atoms with van der Waals surface area (Å²) in [6, 6.07) is 23.7. The third-order valence-electron chi connectivity index (χ3n) is 4.82. The number of hydrazone groups is 1. The Labute approximate surface area is 196 Å². The molecule has 0 aliphatic rings. The summed E-state index contributed by atoms with van der Waals surface area (Å²) >= 11 is 0. The number of non-ortho nitro benzene ring substituents is 1. The van der Waals surface area contributed by atoms with Crippen molar-refractivity contribution in [3.8, 4) is 0 Å². The van der Waals surface area contributed by atoms with Gasteiger partial charge in [0.2, 0.25) is 17.8 Å². The molecule has 0 saturated heterocycles. The van der Waals surface area contributed by atoms with Gasteiger partial charge in [-0.3, -0.25) is 10.1 Å². The number of nitrogens with one attached hydrogen (secondary N) is 3. The summed E-state index contributed by atoms with van der Waals surface area (Å²) in [5, 5.41) is 21.4. The maximum Gasteiger partial charge on any atom is 0.269 e. The molecule has 0 fully saturated rings. The number of nitro benzene ring substituents is 1. The average molecular weight is 454 g/mol. The molecule has 10 nitrogen and oxygen atoms in total. The first kappa shape index (κ1) is 22.3. The van der Waals surface area contributed by atoms with Gasteiger partial charge in [0.05, 0.1) is 11.1 Å². The van der Waals surface area contributed by atoms with Crippen LogP contribution in [0.5, 0.6) is 0 Å². The molecule has 4 rings (SSSR count). The van der Waals surface area contributed by atoms with Gasteiger partial charge in [-0.05, 0) is 35.7 Å². The van der Waals surface area contributed by atoms with Crippen molar-refractivity contribution < 1.29 is 4.92 Å². The van der Waals surface area contributed by atoms with Crippen LogP contribution in [0.15, 0.2) is 84.0 Å². The lowest BCUT2D eigenvalue weighted by Gasteiger charge is -2.10. The lowest BCUT2D eigenvalue weighted by Crippen LogP contribution is -2.09. The summed E-state index contributed by atoms with van der Waals surface area (Å²) in [6.45, 7) is 2.52. The fourth-order valence-electron chi connectivity index (χ4n) is 3.02. The summed E-state index contributed by atoms with van der Waals surface area (Å²) in [7, 11) is 0. The van der Waals surface area contributed by atoms with E-state index >= 15 is 0 Å². The molecule has 0 saturated carbocycles. The van der Waals surface area contributed by atoms with E-state index in [0.29, 0.717) is 18.2 Å². The van der Waals surface area contributed by atoms with Gasteiger partial charge in [0.15, 0.2) is 0 Å². The normalized spacial score (nSPS) is 10.7. The Hall–Kier alpha value is -4.86. The second-order valence-corrected chi connectivity index (χ2v) is 7.30. The Morgan fingerprint density at radius 3 is 2.29 bits per heavy atom. The Morgan fingerprint density at radius 1 is 0.882 bits per heavy atom. The molecule has 0 atom stereocenters. The van der Waals surface area contributed by atoms with Crippen LogP contribution in [0.25, 0.3) is 0 Å². The highest BCUT2D eigenvalue weighted by molar-refractivity contribution is 5.82. The van der Waals surface area contributed by atoms with Crippen molar-refractivity contribution in [3.63, 3.8) is 0 Å². The predicted octanol–water partition coefficient (Wildman–Crippen LogP) is 4.89. The molecule has 0 aliphatic carbocycles. The SMILES string of the molecule is Cc1ccccc1/C=N\Nc1nc(NCc2ccccc2)nc(Nc2ccc([N+](=O)[O-])cc2)n1. The summed E-state index contributed by atoms with van der Waals surface area (Å²) in [5.41, 5.74) is 6.57. The number of hydrogen-bond donors (Lipinski definition) is 3. The zero-order valence-electron chi connectivity index (χ0n) is 18.3. The molecule has 10 heteroatoms. The number of hydrogen-bond acceptors (Lipinski definition) is 9. The first-order valence-corrected chi connectivity index (χ1v) is 10.5. The molecule has 34 heavy (non-hydrogen) atoms. The van der Waals surface area contributed by atoms with Gasteiger partial charge >= 0.3 is 0 Å². The minimum Gasteiger partial charge on any atom is -0.350 e.